The number of amides is 2. The fourth-order valence-electron chi connectivity index (χ4n) is 3.09. The summed E-state index contributed by atoms with van der Waals surface area (Å²) in [6.45, 7) is 1.22. The Balaban J connectivity index is 1.49. The molecule has 0 spiro atoms. The molecule has 2 fully saturated rings. The molecule has 1 heterocycles. The Morgan fingerprint density at radius 1 is 1.15 bits per heavy atom. The first-order valence-electron chi connectivity index (χ1n) is 8.91. The van der Waals surface area contributed by atoms with Gasteiger partial charge < -0.3 is 10.6 Å². The van der Waals surface area contributed by atoms with Crippen LogP contribution in [0.2, 0.25) is 5.02 Å². The number of carbonyl (C=O) groups is 2. The van der Waals surface area contributed by atoms with E-state index in [-0.39, 0.29) is 29.1 Å². The van der Waals surface area contributed by atoms with Gasteiger partial charge in [0.15, 0.2) is 0 Å². The van der Waals surface area contributed by atoms with Crippen LogP contribution in [0.1, 0.15) is 31.2 Å². The molecule has 0 radical (unpaired) electrons. The number of alkyl halides is 3. The Bertz CT molecular complexity index is 714. The maximum Gasteiger partial charge on any atom is 0.416 e. The van der Waals surface area contributed by atoms with Crippen LogP contribution in [0.25, 0.3) is 0 Å². The smallest absolute Gasteiger partial charge is 0.353 e. The number of benzene rings is 1. The normalized spacial score (nSPS) is 19.0. The van der Waals surface area contributed by atoms with E-state index in [4.69, 9.17) is 11.6 Å². The highest BCUT2D eigenvalue weighted by Crippen LogP contribution is 2.33. The van der Waals surface area contributed by atoms with Gasteiger partial charge in [0.2, 0.25) is 11.8 Å². The molecule has 27 heavy (non-hydrogen) atoms. The number of piperidine rings is 1. The Labute approximate surface area is 160 Å². The lowest BCUT2D eigenvalue weighted by Gasteiger charge is -2.30. The second kappa shape index (κ2) is 8.06. The summed E-state index contributed by atoms with van der Waals surface area (Å²) in [7, 11) is 0. The summed E-state index contributed by atoms with van der Waals surface area (Å²) in [5.41, 5.74) is -0.931. The molecule has 1 aromatic rings. The molecular weight excluding hydrogens is 383 g/mol. The lowest BCUT2D eigenvalue weighted by molar-refractivity contribution is -0.137. The standard InChI is InChI=1S/C18H21ClF3N3O2/c19-14-4-1-12(18(20,21)22)9-15(14)24-16(26)10-25-7-5-11(6-8-25)17(27)23-13-2-3-13/h1,4,9,11,13H,2-3,5-8,10H2,(H,23,27)(H,24,26). The third-order valence-electron chi connectivity index (χ3n) is 4.82. The van der Waals surface area contributed by atoms with Gasteiger partial charge in [-0.1, -0.05) is 11.6 Å². The minimum atomic E-state index is -4.51. The Morgan fingerprint density at radius 3 is 2.41 bits per heavy atom. The van der Waals surface area contributed by atoms with Crippen LogP contribution >= 0.6 is 11.6 Å². The van der Waals surface area contributed by atoms with E-state index in [9.17, 15) is 22.8 Å². The molecular formula is C18H21ClF3N3O2. The molecule has 0 unspecified atom stereocenters. The number of hydrogen-bond acceptors (Lipinski definition) is 3. The molecule has 3 rings (SSSR count). The van der Waals surface area contributed by atoms with Crippen LogP contribution in [0.4, 0.5) is 18.9 Å². The third-order valence-corrected chi connectivity index (χ3v) is 5.15. The van der Waals surface area contributed by atoms with Crippen molar-refractivity contribution in [3.8, 4) is 0 Å². The number of nitrogens with one attached hydrogen (secondary N) is 2. The van der Waals surface area contributed by atoms with Gasteiger partial charge in [0, 0.05) is 12.0 Å². The zero-order valence-corrected chi connectivity index (χ0v) is 15.4. The van der Waals surface area contributed by atoms with E-state index in [2.05, 4.69) is 10.6 Å². The maximum atomic E-state index is 12.8. The molecule has 2 amide bonds. The van der Waals surface area contributed by atoms with Crippen LogP contribution in [-0.2, 0) is 15.8 Å². The summed E-state index contributed by atoms with van der Waals surface area (Å²) in [5.74, 6) is -0.391. The van der Waals surface area contributed by atoms with Gasteiger partial charge in [-0.25, -0.2) is 0 Å². The van der Waals surface area contributed by atoms with E-state index in [1.165, 1.54) is 0 Å². The molecule has 1 saturated heterocycles. The van der Waals surface area contributed by atoms with Crippen LogP contribution < -0.4 is 10.6 Å². The molecule has 148 valence electrons. The number of carbonyl (C=O) groups excluding carboxylic acids is 2. The summed E-state index contributed by atoms with van der Waals surface area (Å²) in [6, 6.07) is 3.15. The Morgan fingerprint density at radius 2 is 1.81 bits per heavy atom. The molecule has 1 saturated carbocycles. The van der Waals surface area contributed by atoms with Crippen molar-refractivity contribution in [2.75, 3.05) is 25.0 Å². The predicted octanol–water partition coefficient (Wildman–Crippen LogP) is 3.29. The van der Waals surface area contributed by atoms with Crippen LogP contribution in [0.5, 0.6) is 0 Å². The zero-order chi connectivity index (χ0) is 19.6. The summed E-state index contributed by atoms with van der Waals surface area (Å²) < 4.78 is 38.4. The van der Waals surface area contributed by atoms with Crippen molar-refractivity contribution in [1.29, 1.82) is 0 Å². The molecule has 1 aliphatic heterocycles. The SMILES string of the molecule is O=C(CN1CCC(C(=O)NC2CC2)CC1)Nc1cc(C(F)(F)F)ccc1Cl. The van der Waals surface area contributed by atoms with Crippen LogP contribution in [0, 0.1) is 5.92 Å². The topological polar surface area (TPSA) is 61.4 Å². The van der Waals surface area contributed by atoms with Gasteiger partial charge in [-0.2, -0.15) is 13.2 Å². The van der Waals surface area contributed by atoms with Gasteiger partial charge in [0.25, 0.3) is 0 Å². The number of anilines is 1. The lowest BCUT2D eigenvalue weighted by Crippen LogP contribution is -2.43. The van der Waals surface area contributed by atoms with Gasteiger partial charge >= 0.3 is 6.18 Å². The van der Waals surface area contributed by atoms with Gasteiger partial charge in [-0.05, 0) is 57.0 Å². The van der Waals surface area contributed by atoms with E-state index in [0.29, 0.717) is 32.0 Å². The minimum Gasteiger partial charge on any atom is -0.353 e. The largest absolute Gasteiger partial charge is 0.416 e. The van der Waals surface area contributed by atoms with E-state index in [1.54, 1.807) is 0 Å². The molecule has 0 aromatic heterocycles. The van der Waals surface area contributed by atoms with Crippen LogP contribution in [0.15, 0.2) is 18.2 Å². The summed E-state index contributed by atoms with van der Waals surface area (Å²) in [5, 5.41) is 5.49. The quantitative estimate of drug-likeness (QED) is 0.793. The monoisotopic (exact) mass is 403 g/mol. The van der Waals surface area contributed by atoms with E-state index in [0.717, 1.165) is 31.0 Å². The first-order chi connectivity index (χ1) is 12.7. The van der Waals surface area contributed by atoms with E-state index < -0.39 is 17.6 Å². The first kappa shape index (κ1) is 19.9. The van der Waals surface area contributed by atoms with Gasteiger partial charge in [-0.3, -0.25) is 14.5 Å². The lowest BCUT2D eigenvalue weighted by atomic mass is 9.96. The highest BCUT2D eigenvalue weighted by molar-refractivity contribution is 6.33. The van der Waals surface area contributed by atoms with E-state index in [1.807, 2.05) is 4.90 Å². The Hall–Kier alpha value is -1.80. The van der Waals surface area contributed by atoms with Crippen molar-refractivity contribution in [1.82, 2.24) is 10.2 Å². The molecule has 1 aromatic carbocycles. The number of rotatable bonds is 5. The molecule has 5 nitrogen and oxygen atoms in total. The third kappa shape index (κ3) is 5.59. The summed E-state index contributed by atoms with van der Waals surface area (Å²) in [4.78, 5) is 26.1. The average Bonchev–Trinajstić information content (AvgIpc) is 3.40. The zero-order valence-electron chi connectivity index (χ0n) is 14.6. The second-order valence-corrected chi connectivity index (χ2v) is 7.48. The number of hydrogen-bond donors (Lipinski definition) is 2. The Kier molecular flexibility index (Phi) is 5.95. The van der Waals surface area contributed by atoms with Crippen LogP contribution in [-0.4, -0.2) is 42.4 Å². The highest BCUT2D eigenvalue weighted by atomic mass is 35.5. The minimum absolute atomic E-state index is 0.0391. The van der Waals surface area contributed by atoms with Gasteiger partial charge in [0.05, 0.1) is 22.8 Å². The van der Waals surface area contributed by atoms with Crippen molar-refractivity contribution >= 4 is 29.1 Å². The second-order valence-electron chi connectivity index (χ2n) is 7.07. The molecule has 9 heteroatoms. The van der Waals surface area contributed by atoms with Crippen LogP contribution in [0.3, 0.4) is 0 Å². The maximum absolute atomic E-state index is 12.8. The molecule has 1 aliphatic carbocycles. The fourth-order valence-corrected chi connectivity index (χ4v) is 3.25. The van der Waals surface area contributed by atoms with Gasteiger partial charge in [0.1, 0.15) is 0 Å². The van der Waals surface area contributed by atoms with E-state index >= 15 is 0 Å². The molecule has 0 atom stereocenters. The molecule has 2 N–H and O–H groups in total. The summed E-state index contributed by atoms with van der Waals surface area (Å²) >= 11 is 5.89. The predicted molar refractivity (Wildman–Crippen MR) is 95.4 cm³/mol. The van der Waals surface area contributed by atoms with Gasteiger partial charge in [-0.15, -0.1) is 0 Å². The van der Waals surface area contributed by atoms with Crippen molar-refractivity contribution in [2.45, 2.75) is 37.9 Å². The summed E-state index contributed by atoms with van der Waals surface area (Å²) in [6.07, 6.45) is -1.09. The highest BCUT2D eigenvalue weighted by Gasteiger charge is 2.32. The average molecular weight is 404 g/mol. The number of halogens is 4. The fraction of sp³-hybridized carbons (Fsp3) is 0.556. The molecule has 0 bridgehead atoms. The van der Waals surface area contributed by atoms with Crippen molar-refractivity contribution < 1.29 is 22.8 Å². The van der Waals surface area contributed by atoms with Crippen molar-refractivity contribution in [3.63, 3.8) is 0 Å². The molecule has 2 aliphatic rings. The number of likely N-dealkylation sites (tertiary alicyclic amines) is 1. The first-order valence-corrected chi connectivity index (χ1v) is 9.29. The van der Waals surface area contributed by atoms with Crippen molar-refractivity contribution in [2.24, 2.45) is 5.92 Å². The number of nitrogens with zero attached hydrogens (tertiary/aromatic N) is 1. The van der Waals surface area contributed by atoms with Crippen molar-refractivity contribution in [3.05, 3.63) is 28.8 Å².